The third-order valence-electron chi connectivity index (χ3n) is 2.87. The number of aromatic hydroxyl groups is 1. The summed E-state index contributed by atoms with van der Waals surface area (Å²) in [5.74, 6) is -1.25. The summed E-state index contributed by atoms with van der Waals surface area (Å²) in [6, 6.07) is 10.9. The van der Waals surface area contributed by atoms with Crippen LogP contribution in [0.1, 0.15) is 26.3 Å². The van der Waals surface area contributed by atoms with Crippen LogP contribution in [0, 0.1) is 6.92 Å². The summed E-state index contributed by atoms with van der Waals surface area (Å²) in [5.41, 5.74) is 1.26. The number of Topliss-reactive ketones (excluding diaryl/α,β-unsaturated/α-hetero) is 1. The highest BCUT2D eigenvalue weighted by Gasteiger charge is 2.15. The number of hydrogen-bond donors (Lipinski definition) is 1. The number of carbonyl (C=O) groups is 2. The molecule has 0 saturated carbocycles. The SMILES string of the molecule is Cc1ccc(C(=O)OCC(=O)c2ccc(Cl)cc2)c(O)c1. The molecule has 108 valence electrons. The van der Waals surface area contributed by atoms with Crippen molar-refractivity contribution in [2.24, 2.45) is 0 Å². The molecule has 2 rings (SSSR count). The van der Waals surface area contributed by atoms with Crippen LogP contribution in [0.2, 0.25) is 5.02 Å². The maximum absolute atomic E-state index is 11.8. The molecule has 0 spiro atoms. The molecule has 2 aromatic carbocycles. The van der Waals surface area contributed by atoms with Crippen LogP contribution >= 0.6 is 11.6 Å². The smallest absolute Gasteiger partial charge is 0.342 e. The Morgan fingerprint density at radius 2 is 1.81 bits per heavy atom. The molecule has 0 aromatic heterocycles. The monoisotopic (exact) mass is 304 g/mol. The van der Waals surface area contributed by atoms with Crippen molar-refractivity contribution < 1.29 is 19.4 Å². The van der Waals surface area contributed by atoms with Crippen molar-refractivity contribution in [1.29, 1.82) is 0 Å². The van der Waals surface area contributed by atoms with Gasteiger partial charge in [0, 0.05) is 10.6 Å². The predicted octanol–water partition coefficient (Wildman–Crippen LogP) is 3.39. The fourth-order valence-electron chi connectivity index (χ4n) is 1.74. The van der Waals surface area contributed by atoms with Crippen LogP contribution in [0.15, 0.2) is 42.5 Å². The van der Waals surface area contributed by atoms with Crippen LogP contribution in [0.25, 0.3) is 0 Å². The highest BCUT2D eigenvalue weighted by atomic mass is 35.5. The molecular formula is C16H13ClO4. The standard InChI is InChI=1S/C16H13ClO4/c1-10-2-7-13(14(18)8-10)16(20)21-9-15(19)11-3-5-12(17)6-4-11/h2-8,18H,9H2,1H3. The number of rotatable bonds is 4. The quantitative estimate of drug-likeness (QED) is 0.694. The van der Waals surface area contributed by atoms with Gasteiger partial charge in [-0.05, 0) is 48.9 Å². The molecule has 0 aliphatic rings. The number of ether oxygens (including phenoxy) is 1. The van der Waals surface area contributed by atoms with E-state index in [1.165, 1.54) is 12.1 Å². The van der Waals surface area contributed by atoms with Gasteiger partial charge in [0.1, 0.15) is 11.3 Å². The molecule has 0 aliphatic carbocycles. The van der Waals surface area contributed by atoms with Crippen molar-refractivity contribution in [3.63, 3.8) is 0 Å². The van der Waals surface area contributed by atoms with Gasteiger partial charge in [-0.3, -0.25) is 4.79 Å². The first-order valence-electron chi connectivity index (χ1n) is 6.23. The number of phenolic OH excluding ortho intramolecular Hbond substituents is 1. The minimum Gasteiger partial charge on any atom is -0.507 e. The number of ketones is 1. The van der Waals surface area contributed by atoms with Crippen molar-refractivity contribution in [3.8, 4) is 5.75 Å². The van der Waals surface area contributed by atoms with E-state index in [-0.39, 0.29) is 17.1 Å². The van der Waals surface area contributed by atoms with Gasteiger partial charge in [0.25, 0.3) is 0 Å². The lowest BCUT2D eigenvalue weighted by Gasteiger charge is -2.06. The number of carbonyl (C=O) groups excluding carboxylic acids is 2. The Labute approximate surface area is 126 Å². The minimum atomic E-state index is -0.741. The zero-order valence-electron chi connectivity index (χ0n) is 11.3. The minimum absolute atomic E-state index is 0.0320. The second kappa shape index (κ2) is 6.41. The summed E-state index contributed by atoms with van der Waals surface area (Å²) in [6.07, 6.45) is 0. The number of benzene rings is 2. The summed E-state index contributed by atoms with van der Waals surface area (Å²) < 4.78 is 4.91. The summed E-state index contributed by atoms with van der Waals surface area (Å²) in [4.78, 5) is 23.7. The topological polar surface area (TPSA) is 63.6 Å². The molecule has 0 unspecified atom stereocenters. The van der Waals surface area contributed by atoms with Crippen LogP contribution in [-0.4, -0.2) is 23.5 Å². The average Bonchev–Trinajstić information content (AvgIpc) is 2.45. The molecule has 0 amide bonds. The molecule has 0 bridgehead atoms. The fourth-order valence-corrected chi connectivity index (χ4v) is 1.87. The van der Waals surface area contributed by atoms with Gasteiger partial charge >= 0.3 is 5.97 Å². The second-order valence-electron chi connectivity index (χ2n) is 4.53. The molecule has 5 heteroatoms. The van der Waals surface area contributed by atoms with Gasteiger partial charge < -0.3 is 9.84 Å². The number of aryl methyl sites for hydroxylation is 1. The predicted molar refractivity (Wildman–Crippen MR) is 78.9 cm³/mol. The Kier molecular flexibility index (Phi) is 4.60. The molecule has 0 fully saturated rings. The first-order chi connectivity index (χ1) is 9.97. The van der Waals surface area contributed by atoms with E-state index in [9.17, 15) is 14.7 Å². The number of esters is 1. The zero-order valence-corrected chi connectivity index (χ0v) is 12.1. The van der Waals surface area contributed by atoms with Crippen LogP contribution in [-0.2, 0) is 4.74 Å². The Hall–Kier alpha value is -2.33. The maximum Gasteiger partial charge on any atom is 0.342 e. The van der Waals surface area contributed by atoms with E-state index in [1.807, 2.05) is 0 Å². The molecular weight excluding hydrogens is 292 g/mol. The third-order valence-corrected chi connectivity index (χ3v) is 3.13. The number of hydrogen-bond acceptors (Lipinski definition) is 4. The Morgan fingerprint density at radius 1 is 1.14 bits per heavy atom. The highest BCUT2D eigenvalue weighted by molar-refractivity contribution is 6.30. The van der Waals surface area contributed by atoms with Gasteiger partial charge in [-0.2, -0.15) is 0 Å². The normalized spacial score (nSPS) is 10.2. The Balaban J connectivity index is 2.00. The van der Waals surface area contributed by atoms with Crippen molar-refractivity contribution in [2.45, 2.75) is 6.92 Å². The van der Waals surface area contributed by atoms with Crippen molar-refractivity contribution in [3.05, 3.63) is 64.2 Å². The van der Waals surface area contributed by atoms with Gasteiger partial charge in [-0.1, -0.05) is 17.7 Å². The van der Waals surface area contributed by atoms with Gasteiger partial charge in [0.15, 0.2) is 12.4 Å². The van der Waals surface area contributed by atoms with Crippen LogP contribution < -0.4 is 0 Å². The molecule has 0 saturated heterocycles. The van der Waals surface area contributed by atoms with Crippen LogP contribution in [0.3, 0.4) is 0 Å². The van der Waals surface area contributed by atoms with E-state index in [1.54, 1.807) is 37.3 Å². The molecule has 2 aromatic rings. The van der Waals surface area contributed by atoms with Crippen molar-refractivity contribution in [2.75, 3.05) is 6.61 Å². The van der Waals surface area contributed by atoms with E-state index in [4.69, 9.17) is 16.3 Å². The Bertz CT molecular complexity index is 677. The van der Waals surface area contributed by atoms with Crippen LogP contribution in [0.4, 0.5) is 0 Å². The van der Waals surface area contributed by atoms with Crippen molar-refractivity contribution in [1.82, 2.24) is 0 Å². The fraction of sp³-hybridized carbons (Fsp3) is 0.125. The van der Waals surface area contributed by atoms with E-state index >= 15 is 0 Å². The van der Waals surface area contributed by atoms with Gasteiger partial charge in [0.2, 0.25) is 0 Å². The average molecular weight is 305 g/mol. The lowest BCUT2D eigenvalue weighted by Crippen LogP contribution is -2.14. The molecule has 0 atom stereocenters. The molecule has 0 radical (unpaired) electrons. The molecule has 0 aliphatic heterocycles. The lowest BCUT2D eigenvalue weighted by atomic mass is 10.1. The molecule has 4 nitrogen and oxygen atoms in total. The number of halogens is 1. The zero-order chi connectivity index (χ0) is 15.4. The first-order valence-corrected chi connectivity index (χ1v) is 6.60. The van der Waals surface area contributed by atoms with Gasteiger partial charge in [0.05, 0.1) is 0 Å². The maximum atomic E-state index is 11.8. The molecule has 1 N–H and O–H groups in total. The van der Waals surface area contributed by atoms with E-state index < -0.39 is 12.6 Å². The summed E-state index contributed by atoms with van der Waals surface area (Å²) in [7, 11) is 0. The van der Waals surface area contributed by atoms with Gasteiger partial charge in [-0.15, -0.1) is 0 Å². The van der Waals surface area contributed by atoms with Gasteiger partial charge in [-0.25, -0.2) is 4.79 Å². The third kappa shape index (κ3) is 3.83. The molecule has 0 heterocycles. The van der Waals surface area contributed by atoms with Crippen LogP contribution in [0.5, 0.6) is 5.75 Å². The number of phenols is 1. The van der Waals surface area contributed by atoms with E-state index in [2.05, 4.69) is 0 Å². The molecule has 21 heavy (non-hydrogen) atoms. The Morgan fingerprint density at radius 3 is 2.43 bits per heavy atom. The lowest BCUT2D eigenvalue weighted by molar-refractivity contribution is 0.0472. The largest absolute Gasteiger partial charge is 0.507 e. The first kappa shape index (κ1) is 15.1. The van der Waals surface area contributed by atoms with E-state index in [0.717, 1.165) is 5.56 Å². The summed E-state index contributed by atoms with van der Waals surface area (Å²) in [6.45, 7) is 1.40. The highest BCUT2D eigenvalue weighted by Crippen LogP contribution is 2.19. The second-order valence-corrected chi connectivity index (χ2v) is 4.96. The summed E-state index contributed by atoms with van der Waals surface area (Å²) >= 11 is 5.73. The summed E-state index contributed by atoms with van der Waals surface area (Å²) in [5, 5.41) is 10.2. The van der Waals surface area contributed by atoms with E-state index in [0.29, 0.717) is 10.6 Å². The van der Waals surface area contributed by atoms with Crippen molar-refractivity contribution >= 4 is 23.4 Å².